The summed E-state index contributed by atoms with van der Waals surface area (Å²) >= 11 is 0. The third-order valence-corrected chi connectivity index (χ3v) is 4.79. The number of hydrogen-bond acceptors (Lipinski definition) is 3. The third kappa shape index (κ3) is 1.68. The Hall–Kier alpha value is 0.110. The van der Waals surface area contributed by atoms with Crippen LogP contribution in [-0.4, -0.2) is 31.5 Å². The summed E-state index contributed by atoms with van der Waals surface area (Å²) in [5.41, 5.74) is 0. The van der Waals surface area contributed by atoms with Crippen LogP contribution >= 0.6 is 7.75 Å². The topological polar surface area (TPSA) is 38.8 Å². The minimum atomic E-state index is -2.92. The second-order valence-electron chi connectivity index (χ2n) is 3.95. The quantitative estimate of drug-likeness (QED) is 0.612. The van der Waals surface area contributed by atoms with Crippen molar-refractivity contribution >= 4 is 7.75 Å². The zero-order valence-electron chi connectivity index (χ0n) is 8.10. The Morgan fingerprint density at radius 2 is 2.15 bits per heavy atom. The van der Waals surface area contributed by atoms with Gasteiger partial charge in [0.15, 0.2) is 0 Å². The molecule has 1 heterocycles. The molecule has 5 heteroatoms. The molecular formula is C8H16NO3P. The van der Waals surface area contributed by atoms with Crippen molar-refractivity contribution in [2.45, 2.75) is 25.4 Å². The molecule has 0 aromatic rings. The molecule has 0 N–H and O–H groups in total. The van der Waals surface area contributed by atoms with E-state index in [1.807, 2.05) is 0 Å². The van der Waals surface area contributed by atoms with Crippen LogP contribution in [0.5, 0.6) is 0 Å². The van der Waals surface area contributed by atoms with E-state index in [2.05, 4.69) is 0 Å². The van der Waals surface area contributed by atoms with E-state index in [1.54, 1.807) is 18.8 Å². The molecule has 76 valence electrons. The van der Waals surface area contributed by atoms with Gasteiger partial charge in [0.25, 0.3) is 0 Å². The third-order valence-electron chi connectivity index (χ3n) is 2.80. The van der Waals surface area contributed by atoms with Crippen molar-refractivity contribution in [3.63, 3.8) is 0 Å². The van der Waals surface area contributed by atoms with E-state index in [-0.39, 0.29) is 6.10 Å². The summed E-state index contributed by atoms with van der Waals surface area (Å²) in [7, 11) is 0.542. The highest BCUT2D eigenvalue weighted by atomic mass is 31.2. The highest BCUT2D eigenvalue weighted by Gasteiger charge is 2.43. The Balaban J connectivity index is 2.08. The van der Waals surface area contributed by atoms with E-state index in [0.29, 0.717) is 12.5 Å². The number of fused-ring (bicyclic) bond motifs is 1. The van der Waals surface area contributed by atoms with E-state index in [9.17, 15) is 4.57 Å². The minimum Gasteiger partial charge on any atom is -0.296 e. The first-order valence-corrected chi connectivity index (χ1v) is 6.22. The molecule has 0 aromatic carbocycles. The highest BCUT2D eigenvalue weighted by molar-refractivity contribution is 7.51. The zero-order valence-corrected chi connectivity index (χ0v) is 9.00. The zero-order chi connectivity index (χ0) is 9.47. The van der Waals surface area contributed by atoms with E-state index < -0.39 is 7.75 Å². The second-order valence-corrected chi connectivity index (χ2v) is 6.15. The van der Waals surface area contributed by atoms with Gasteiger partial charge < -0.3 is 0 Å². The molecule has 0 unspecified atom stereocenters. The van der Waals surface area contributed by atoms with Gasteiger partial charge in [-0.2, -0.15) is 0 Å². The monoisotopic (exact) mass is 205 g/mol. The molecule has 0 amide bonds. The van der Waals surface area contributed by atoms with Gasteiger partial charge in [0.1, 0.15) is 0 Å². The Morgan fingerprint density at radius 1 is 1.38 bits per heavy atom. The van der Waals surface area contributed by atoms with Crippen LogP contribution in [0.25, 0.3) is 0 Å². The Morgan fingerprint density at radius 3 is 2.85 bits per heavy atom. The lowest BCUT2D eigenvalue weighted by Crippen LogP contribution is -2.31. The maximum atomic E-state index is 12.0. The van der Waals surface area contributed by atoms with Crippen molar-refractivity contribution in [1.82, 2.24) is 4.67 Å². The van der Waals surface area contributed by atoms with E-state index in [0.717, 1.165) is 12.8 Å². The van der Waals surface area contributed by atoms with Crippen molar-refractivity contribution in [2.24, 2.45) is 5.92 Å². The van der Waals surface area contributed by atoms with Crippen molar-refractivity contribution in [2.75, 3.05) is 20.7 Å². The first kappa shape index (κ1) is 9.66. The predicted octanol–water partition coefficient (Wildman–Crippen LogP) is 1.87. The van der Waals surface area contributed by atoms with Crippen LogP contribution < -0.4 is 0 Å². The molecule has 0 aromatic heterocycles. The van der Waals surface area contributed by atoms with Crippen molar-refractivity contribution in [3.05, 3.63) is 0 Å². The molecule has 1 saturated heterocycles. The van der Waals surface area contributed by atoms with Crippen LogP contribution in [0.1, 0.15) is 19.3 Å². The lowest BCUT2D eigenvalue weighted by molar-refractivity contribution is 0.0285. The average Bonchev–Trinajstić information content (AvgIpc) is 2.50. The molecule has 2 fully saturated rings. The fourth-order valence-electron chi connectivity index (χ4n) is 1.93. The van der Waals surface area contributed by atoms with Crippen LogP contribution in [0.3, 0.4) is 0 Å². The summed E-state index contributed by atoms with van der Waals surface area (Å²) in [6.07, 6.45) is 3.53. The van der Waals surface area contributed by atoms with Gasteiger partial charge in [0.2, 0.25) is 0 Å². The summed E-state index contributed by atoms with van der Waals surface area (Å²) in [6, 6.07) is 0. The van der Waals surface area contributed by atoms with Crippen LogP contribution in [-0.2, 0) is 13.6 Å². The molecule has 2 aliphatic rings. The molecule has 1 aliphatic heterocycles. The van der Waals surface area contributed by atoms with Gasteiger partial charge in [-0.1, -0.05) is 6.42 Å². The molecule has 0 spiro atoms. The molecule has 0 radical (unpaired) electrons. The molecule has 4 nitrogen and oxygen atoms in total. The molecule has 1 aliphatic carbocycles. The summed E-state index contributed by atoms with van der Waals surface area (Å²) in [5, 5.41) is 0. The number of nitrogens with zero attached hydrogens (tertiary/aromatic N) is 1. The number of rotatable bonds is 1. The van der Waals surface area contributed by atoms with Crippen LogP contribution in [0.2, 0.25) is 0 Å². The van der Waals surface area contributed by atoms with E-state index in [1.165, 1.54) is 6.42 Å². The molecule has 1 saturated carbocycles. The Labute approximate surface area is 78.8 Å². The van der Waals surface area contributed by atoms with Gasteiger partial charge in [-0.3, -0.25) is 9.05 Å². The maximum Gasteiger partial charge on any atom is 0.407 e. The first-order chi connectivity index (χ1) is 6.12. The van der Waals surface area contributed by atoms with Crippen LogP contribution in [0.15, 0.2) is 0 Å². The smallest absolute Gasteiger partial charge is 0.296 e. The van der Waals surface area contributed by atoms with Crippen LogP contribution in [0, 0.1) is 5.92 Å². The lowest BCUT2D eigenvalue weighted by atomic mass is 10.1. The normalized spacial score (nSPS) is 45.2. The van der Waals surface area contributed by atoms with E-state index >= 15 is 0 Å². The maximum absolute atomic E-state index is 12.0. The standard InChI is InChI=1S/C8H16NO3P/c1-9(2)13(10)11-6-7-4-3-5-8(7)12-13/h7-8H,3-6H2,1-2H3/t7-,8+,13+/m1/s1. The molecule has 13 heavy (non-hydrogen) atoms. The second kappa shape index (κ2) is 3.35. The largest absolute Gasteiger partial charge is 0.407 e. The summed E-state index contributed by atoms with van der Waals surface area (Å²) < 4.78 is 24.3. The van der Waals surface area contributed by atoms with Crippen molar-refractivity contribution in [3.8, 4) is 0 Å². The molecule has 3 atom stereocenters. The summed E-state index contributed by atoms with van der Waals surface area (Å²) in [5.74, 6) is 0.474. The van der Waals surface area contributed by atoms with Crippen molar-refractivity contribution < 1.29 is 13.6 Å². The fourth-order valence-corrected chi connectivity index (χ4v) is 3.41. The van der Waals surface area contributed by atoms with Crippen molar-refractivity contribution in [1.29, 1.82) is 0 Å². The summed E-state index contributed by atoms with van der Waals surface area (Å²) in [4.78, 5) is 0. The lowest BCUT2D eigenvalue weighted by Gasteiger charge is -2.34. The van der Waals surface area contributed by atoms with Gasteiger partial charge in [-0.25, -0.2) is 9.24 Å². The Kier molecular flexibility index (Phi) is 2.49. The predicted molar refractivity (Wildman–Crippen MR) is 49.5 cm³/mol. The fraction of sp³-hybridized carbons (Fsp3) is 1.00. The average molecular weight is 205 g/mol. The minimum absolute atomic E-state index is 0.169. The van der Waals surface area contributed by atoms with Gasteiger partial charge >= 0.3 is 7.75 Å². The SMILES string of the molecule is CN(C)[P@]1(=O)OC[C@H]2CCC[C@@H]2O1. The van der Waals surface area contributed by atoms with Gasteiger partial charge in [-0.05, 0) is 26.9 Å². The molecule has 0 bridgehead atoms. The number of hydrogen-bond donors (Lipinski definition) is 0. The van der Waals surface area contributed by atoms with E-state index in [4.69, 9.17) is 9.05 Å². The van der Waals surface area contributed by atoms with Gasteiger partial charge in [0.05, 0.1) is 12.7 Å². The summed E-state index contributed by atoms with van der Waals surface area (Å²) in [6.45, 7) is 0.597. The highest BCUT2D eigenvalue weighted by Crippen LogP contribution is 2.57. The first-order valence-electron chi connectivity index (χ1n) is 4.72. The molecule has 2 rings (SSSR count). The molecular weight excluding hydrogens is 189 g/mol. The van der Waals surface area contributed by atoms with Crippen LogP contribution in [0.4, 0.5) is 0 Å². The Bertz CT molecular complexity index is 244. The van der Waals surface area contributed by atoms with Gasteiger partial charge in [0, 0.05) is 5.92 Å². The van der Waals surface area contributed by atoms with Gasteiger partial charge in [-0.15, -0.1) is 0 Å².